The average molecular weight is 136 g/mol. The molecule has 0 radical (unpaired) electrons. The van der Waals surface area contributed by atoms with Crippen LogP contribution in [0.3, 0.4) is 0 Å². The summed E-state index contributed by atoms with van der Waals surface area (Å²) in [5.74, 6) is 0. The van der Waals surface area contributed by atoms with Crippen LogP contribution in [-0.4, -0.2) is 17.1 Å². The molecule has 0 spiro atoms. The predicted octanol–water partition coefficient (Wildman–Crippen LogP) is 1.03. The summed E-state index contributed by atoms with van der Waals surface area (Å²) in [6, 6.07) is 0. The van der Waals surface area contributed by atoms with Crippen LogP contribution in [0.5, 0.6) is 0 Å². The highest BCUT2D eigenvalue weighted by Crippen LogP contribution is 2.43. The molecular weight excluding hydrogens is 127 g/mol. The Morgan fingerprint density at radius 1 is 1.25 bits per heavy atom. The van der Waals surface area contributed by atoms with Crippen molar-refractivity contribution in [2.45, 2.75) is 26.1 Å². The third kappa shape index (κ3) is 1.17. The Kier molecular flexibility index (Phi) is 1.83. The highest BCUT2D eigenvalue weighted by molar-refractivity contribution is 7.40. The second-order valence-corrected chi connectivity index (χ2v) is 2.76. The monoisotopic (exact) mass is 136 g/mol. The fourth-order valence-corrected chi connectivity index (χ4v) is 1.44. The van der Waals surface area contributed by atoms with Gasteiger partial charge >= 0.3 is 8.60 Å². The molecule has 0 saturated carbocycles. The normalized spacial score (nSPS) is 40.9. The van der Waals surface area contributed by atoms with Crippen molar-refractivity contribution >= 4 is 8.60 Å². The van der Waals surface area contributed by atoms with Crippen molar-refractivity contribution in [3.8, 4) is 0 Å². The Morgan fingerprint density at radius 3 is 1.75 bits per heavy atom. The Balaban J connectivity index is 2.39. The van der Waals surface area contributed by atoms with Gasteiger partial charge < -0.3 is 13.9 Å². The lowest BCUT2D eigenvalue weighted by Crippen LogP contribution is -2.13. The third-order valence-corrected chi connectivity index (χ3v) is 2.20. The summed E-state index contributed by atoms with van der Waals surface area (Å²) in [4.78, 5) is 8.69. The second-order valence-electron chi connectivity index (χ2n) is 1.86. The highest BCUT2D eigenvalue weighted by atomic mass is 31.2. The van der Waals surface area contributed by atoms with Gasteiger partial charge in [0, 0.05) is 0 Å². The van der Waals surface area contributed by atoms with Crippen LogP contribution in [0.25, 0.3) is 0 Å². The Labute approximate surface area is 49.6 Å². The van der Waals surface area contributed by atoms with Gasteiger partial charge in [0.15, 0.2) is 0 Å². The average Bonchev–Trinajstić information content (AvgIpc) is 1.85. The summed E-state index contributed by atoms with van der Waals surface area (Å²) >= 11 is 0. The predicted molar refractivity (Wildman–Crippen MR) is 30.2 cm³/mol. The van der Waals surface area contributed by atoms with Gasteiger partial charge in [0.05, 0.1) is 12.2 Å². The van der Waals surface area contributed by atoms with E-state index in [1.807, 2.05) is 13.8 Å². The maximum Gasteiger partial charge on any atom is 0.330 e. The lowest BCUT2D eigenvalue weighted by Gasteiger charge is -2.00. The zero-order chi connectivity index (χ0) is 6.15. The van der Waals surface area contributed by atoms with Gasteiger partial charge in [0.1, 0.15) is 0 Å². The Bertz CT molecular complexity index is 77.4. The van der Waals surface area contributed by atoms with Crippen molar-refractivity contribution in [2.75, 3.05) is 0 Å². The van der Waals surface area contributed by atoms with E-state index in [4.69, 9.17) is 13.9 Å². The van der Waals surface area contributed by atoms with Crippen molar-refractivity contribution in [1.82, 2.24) is 0 Å². The van der Waals surface area contributed by atoms with E-state index in [-0.39, 0.29) is 12.2 Å². The molecule has 4 heteroatoms. The van der Waals surface area contributed by atoms with Crippen molar-refractivity contribution in [2.24, 2.45) is 0 Å². The largest absolute Gasteiger partial charge is 0.330 e. The van der Waals surface area contributed by atoms with Crippen LogP contribution in [0.4, 0.5) is 0 Å². The topological polar surface area (TPSA) is 38.7 Å². The second kappa shape index (κ2) is 2.28. The minimum absolute atomic E-state index is 0.0473. The molecule has 0 aromatic rings. The van der Waals surface area contributed by atoms with Gasteiger partial charge in [-0.25, -0.2) is 0 Å². The first-order valence-electron chi connectivity index (χ1n) is 2.52. The molecule has 1 heterocycles. The molecule has 3 nitrogen and oxygen atoms in total. The van der Waals surface area contributed by atoms with Crippen molar-refractivity contribution in [3.05, 3.63) is 0 Å². The smallest absolute Gasteiger partial charge is 0.328 e. The molecule has 1 rings (SSSR count). The SMILES string of the molecule is C[C@@H]1OP(O)O[C@H]1C. The van der Waals surface area contributed by atoms with Crippen LogP contribution >= 0.6 is 8.60 Å². The van der Waals surface area contributed by atoms with Crippen LogP contribution in [0.2, 0.25) is 0 Å². The van der Waals surface area contributed by atoms with Crippen molar-refractivity contribution in [3.63, 3.8) is 0 Å². The molecule has 1 fully saturated rings. The van der Waals surface area contributed by atoms with E-state index in [0.717, 1.165) is 0 Å². The van der Waals surface area contributed by atoms with E-state index < -0.39 is 8.60 Å². The first-order chi connectivity index (χ1) is 3.70. The van der Waals surface area contributed by atoms with Crippen molar-refractivity contribution in [1.29, 1.82) is 0 Å². The standard InChI is InChI=1S/C4H9O3P/c1-3-4(2)7-8(5)6-3/h3-5H,1-2H3/t3-,4-/m0/s1. The molecule has 0 aliphatic carbocycles. The molecule has 0 unspecified atom stereocenters. The molecule has 0 bridgehead atoms. The quantitative estimate of drug-likeness (QED) is 0.505. The maximum atomic E-state index is 8.69. The van der Waals surface area contributed by atoms with Gasteiger partial charge in [-0.15, -0.1) is 0 Å². The molecule has 1 N–H and O–H groups in total. The molecule has 1 aliphatic heterocycles. The van der Waals surface area contributed by atoms with Gasteiger partial charge in [-0.05, 0) is 13.8 Å². The van der Waals surface area contributed by atoms with E-state index >= 15 is 0 Å². The van der Waals surface area contributed by atoms with E-state index in [2.05, 4.69) is 0 Å². The summed E-state index contributed by atoms with van der Waals surface area (Å²) in [6.07, 6.45) is 0.0947. The van der Waals surface area contributed by atoms with Crippen LogP contribution < -0.4 is 0 Å². The van der Waals surface area contributed by atoms with Gasteiger partial charge in [-0.3, -0.25) is 0 Å². The minimum Gasteiger partial charge on any atom is -0.328 e. The molecule has 0 aromatic heterocycles. The molecule has 1 aliphatic rings. The fourth-order valence-electron chi connectivity index (χ4n) is 0.481. The van der Waals surface area contributed by atoms with Crippen LogP contribution in [0, 0.1) is 0 Å². The Hall–Kier alpha value is 0.310. The van der Waals surface area contributed by atoms with Gasteiger partial charge in [-0.1, -0.05) is 0 Å². The van der Waals surface area contributed by atoms with E-state index in [1.165, 1.54) is 0 Å². The van der Waals surface area contributed by atoms with Crippen LogP contribution in [0.15, 0.2) is 0 Å². The summed E-state index contributed by atoms with van der Waals surface area (Å²) in [5, 5.41) is 0. The summed E-state index contributed by atoms with van der Waals surface area (Å²) in [5.41, 5.74) is 0. The maximum absolute atomic E-state index is 8.69. The van der Waals surface area contributed by atoms with E-state index in [9.17, 15) is 0 Å². The zero-order valence-corrected chi connectivity index (χ0v) is 5.76. The molecular formula is C4H9O3P. The van der Waals surface area contributed by atoms with E-state index in [1.54, 1.807) is 0 Å². The summed E-state index contributed by atoms with van der Waals surface area (Å²) in [6.45, 7) is 3.76. The van der Waals surface area contributed by atoms with Gasteiger partial charge in [-0.2, -0.15) is 0 Å². The summed E-state index contributed by atoms with van der Waals surface area (Å²) < 4.78 is 9.74. The molecule has 2 atom stereocenters. The molecule has 0 aromatic carbocycles. The Morgan fingerprint density at radius 2 is 1.62 bits per heavy atom. The summed E-state index contributed by atoms with van der Waals surface area (Å²) in [7, 11) is -1.54. The van der Waals surface area contributed by atoms with Gasteiger partial charge in [0.2, 0.25) is 0 Å². The van der Waals surface area contributed by atoms with E-state index in [0.29, 0.717) is 0 Å². The highest BCUT2D eigenvalue weighted by Gasteiger charge is 2.29. The van der Waals surface area contributed by atoms with Crippen molar-refractivity contribution < 1.29 is 13.9 Å². The minimum atomic E-state index is -1.54. The lowest BCUT2D eigenvalue weighted by atomic mass is 10.3. The lowest BCUT2D eigenvalue weighted by molar-refractivity contribution is 0.187. The number of hydrogen-bond acceptors (Lipinski definition) is 3. The molecule has 8 heavy (non-hydrogen) atoms. The molecule has 1 saturated heterocycles. The number of rotatable bonds is 0. The zero-order valence-electron chi connectivity index (χ0n) is 4.87. The molecule has 0 amide bonds. The number of hydrogen-bond donors (Lipinski definition) is 1. The fraction of sp³-hybridized carbons (Fsp3) is 1.00. The van der Waals surface area contributed by atoms with Crippen LogP contribution in [0.1, 0.15) is 13.8 Å². The first kappa shape index (κ1) is 6.43. The first-order valence-corrected chi connectivity index (χ1v) is 3.65. The van der Waals surface area contributed by atoms with Gasteiger partial charge in [0.25, 0.3) is 0 Å². The molecule has 48 valence electrons. The van der Waals surface area contributed by atoms with Crippen LogP contribution in [-0.2, 0) is 9.05 Å². The third-order valence-electron chi connectivity index (χ3n) is 1.17.